The van der Waals surface area contributed by atoms with Crippen LogP contribution >= 0.6 is 11.3 Å². The van der Waals surface area contributed by atoms with Gasteiger partial charge in [0, 0.05) is 5.56 Å². The summed E-state index contributed by atoms with van der Waals surface area (Å²) in [6.07, 6.45) is 0. The first-order valence-electron chi connectivity index (χ1n) is 5.71. The summed E-state index contributed by atoms with van der Waals surface area (Å²) in [5.74, 6) is 6.60. The zero-order valence-electron chi connectivity index (χ0n) is 10.2. The summed E-state index contributed by atoms with van der Waals surface area (Å²) in [6, 6.07) is 11.1. The Bertz CT molecular complexity index is 641. The zero-order valence-corrected chi connectivity index (χ0v) is 11.0. The number of thiophene rings is 1. The zero-order chi connectivity index (χ0) is 13.5. The maximum Gasteiger partial charge on any atom is 0.124 e. The first-order valence-corrected chi connectivity index (χ1v) is 6.59. The molecule has 1 aromatic heterocycles. The van der Waals surface area contributed by atoms with E-state index in [2.05, 4.69) is 17.9 Å². The number of hydrogen-bond acceptors (Lipinski definition) is 4. The van der Waals surface area contributed by atoms with E-state index in [1.54, 1.807) is 35.6 Å². The van der Waals surface area contributed by atoms with E-state index in [4.69, 9.17) is 15.7 Å². The van der Waals surface area contributed by atoms with Crippen LogP contribution in [0.2, 0.25) is 0 Å². The van der Waals surface area contributed by atoms with Crippen LogP contribution in [0.3, 0.4) is 0 Å². The minimum atomic E-state index is 0.353. The average molecular weight is 268 g/mol. The Kier molecular flexibility index (Phi) is 4.58. The summed E-state index contributed by atoms with van der Waals surface area (Å²) >= 11 is 1.61. The highest BCUT2D eigenvalue weighted by Gasteiger charge is 2.03. The van der Waals surface area contributed by atoms with Crippen LogP contribution in [0.4, 0.5) is 0 Å². The molecule has 0 atom stereocenters. The van der Waals surface area contributed by atoms with E-state index in [1.807, 2.05) is 11.4 Å². The molecule has 0 unspecified atom stereocenters. The molecule has 0 saturated carbocycles. The van der Waals surface area contributed by atoms with Crippen molar-refractivity contribution >= 4 is 11.3 Å². The highest BCUT2D eigenvalue weighted by atomic mass is 32.1. The van der Waals surface area contributed by atoms with Gasteiger partial charge in [-0.15, -0.1) is 11.3 Å². The predicted octanol–water partition coefficient (Wildman–Crippen LogP) is 2.51. The van der Waals surface area contributed by atoms with Gasteiger partial charge < -0.3 is 10.5 Å². The van der Waals surface area contributed by atoms with Gasteiger partial charge in [0.1, 0.15) is 12.4 Å². The summed E-state index contributed by atoms with van der Waals surface area (Å²) in [5.41, 5.74) is 6.94. The van der Waals surface area contributed by atoms with Gasteiger partial charge in [-0.25, -0.2) is 0 Å². The second-order valence-corrected chi connectivity index (χ2v) is 4.69. The molecular weight excluding hydrogens is 256 g/mol. The van der Waals surface area contributed by atoms with Crippen LogP contribution in [0.15, 0.2) is 35.7 Å². The molecule has 0 aliphatic carbocycles. The van der Waals surface area contributed by atoms with Crippen molar-refractivity contribution in [3.8, 4) is 23.7 Å². The van der Waals surface area contributed by atoms with Crippen molar-refractivity contribution in [1.82, 2.24) is 0 Å². The molecule has 1 aromatic carbocycles. The molecule has 0 bridgehead atoms. The Labute approximate surface area is 116 Å². The van der Waals surface area contributed by atoms with Gasteiger partial charge in [-0.2, -0.15) is 5.26 Å². The van der Waals surface area contributed by atoms with Gasteiger partial charge >= 0.3 is 0 Å². The summed E-state index contributed by atoms with van der Waals surface area (Å²) in [5, 5.41) is 10.7. The number of rotatable bonds is 3. The Morgan fingerprint density at radius 1 is 1.21 bits per heavy atom. The number of ether oxygens (including phenoxy) is 1. The molecule has 3 nitrogen and oxygen atoms in total. The molecule has 94 valence electrons. The molecule has 2 aromatic rings. The van der Waals surface area contributed by atoms with E-state index in [0.717, 1.165) is 16.2 Å². The molecule has 2 N–H and O–H groups in total. The fourth-order valence-corrected chi connectivity index (χ4v) is 2.23. The quantitative estimate of drug-likeness (QED) is 0.870. The van der Waals surface area contributed by atoms with Crippen molar-refractivity contribution in [3.63, 3.8) is 0 Å². The molecule has 0 amide bonds. The minimum Gasteiger partial charge on any atom is -0.488 e. The molecule has 0 fully saturated rings. The maximum atomic E-state index is 8.71. The SMILES string of the molecule is N#Cc1ccc(OCc2sccc2C#CCN)cc1. The first-order chi connectivity index (χ1) is 9.33. The van der Waals surface area contributed by atoms with Crippen LogP contribution in [0, 0.1) is 23.2 Å². The maximum absolute atomic E-state index is 8.71. The Balaban J connectivity index is 2.02. The highest BCUT2D eigenvalue weighted by Crippen LogP contribution is 2.19. The van der Waals surface area contributed by atoms with Gasteiger partial charge in [0.15, 0.2) is 0 Å². The van der Waals surface area contributed by atoms with Crippen LogP contribution in [0.25, 0.3) is 0 Å². The number of benzene rings is 1. The second kappa shape index (κ2) is 6.61. The summed E-state index contributed by atoms with van der Waals surface area (Å²) < 4.78 is 5.67. The summed E-state index contributed by atoms with van der Waals surface area (Å²) in [7, 11) is 0. The molecule has 0 aliphatic heterocycles. The van der Waals surface area contributed by atoms with Crippen LogP contribution in [-0.2, 0) is 6.61 Å². The largest absolute Gasteiger partial charge is 0.488 e. The normalized spacial score (nSPS) is 9.26. The summed E-state index contributed by atoms with van der Waals surface area (Å²) in [4.78, 5) is 1.07. The highest BCUT2D eigenvalue weighted by molar-refractivity contribution is 7.10. The van der Waals surface area contributed by atoms with E-state index < -0.39 is 0 Å². The van der Waals surface area contributed by atoms with Crippen molar-refractivity contribution in [2.24, 2.45) is 5.73 Å². The second-order valence-electron chi connectivity index (χ2n) is 3.69. The van der Waals surface area contributed by atoms with E-state index in [1.165, 1.54) is 0 Å². The van der Waals surface area contributed by atoms with E-state index in [9.17, 15) is 0 Å². The van der Waals surface area contributed by atoms with Crippen molar-refractivity contribution < 1.29 is 4.74 Å². The van der Waals surface area contributed by atoms with E-state index >= 15 is 0 Å². The molecule has 0 radical (unpaired) electrons. The van der Waals surface area contributed by atoms with Crippen LogP contribution in [-0.4, -0.2) is 6.54 Å². The van der Waals surface area contributed by atoms with E-state index in [-0.39, 0.29) is 0 Å². The van der Waals surface area contributed by atoms with Gasteiger partial charge in [-0.1, -0.05) is 11.8 Å². The van der Waals surface area contributed by atoms with Crippen LogP contribution < -0.4 is 10.5 Å². The monoisotopic (exact) mass is 268 g/mol. The molecule has 2 rings (SSSR count). The number of hydrogen-bond donors (Lipinski definition) is 1. The smallest absolute Gasteiger partial charge is 0.124 e. The third kappa shape index (κ3) is 3.59. The molecule has 0 saturated heterocycles. The lowest BCUT2D eigenvalue weighted by Gasteiger charge is -2.05. The number of nitrogens with two attached hydrogens (primary N) is 1. The molecule has 19 heavy (non-hydrogen) atoms. The van der Waals surface area contributed by atoms with Crippen LogP contribution in [0.5, 0.6) is 5.75 Å². The van der Waals surface area contributed by atoms with Gasteiger partial charge in [0.2, 0.25) is 0 Å². The fraction of sp³-hybridized carbons (Fsp3) is 0.133. The predicted molar refractivity (Wildman–Crippen MR) is 75.7 cm³/mol. The number of nitriles is 1. The summed E-state index contributed by atoms with van der Waals surface area (Å²) in [6.45, 7) is 0.823. The van der Waals surface area contributed by atoms with Crippen LogP contribution in [0.1, 0.15) is 16.0 Å². The molecule has 0 aliphatic rings. The third-order valence-corrected chi connectivity index (χ3v) is 3.32. The Morgan fingerprint density at radius 3 is 2.68 bits per heavy atom. The Morgan fingerprint density at radius 2 is 2.00 bits per heavy atom. The lowest BCUT2D eigenvalue weighted by Crippen LogP contribution is -1.96. The van der Waals surface area contributed by atoms with Gasteiger partial charge in [0.25, 0.3) is 0 Å². The molecular formula is C15H12N2OS. The Hall–Kier alpha value is -2.27. The lowest BCUT2D eigenvalue weighted by atomic mass is 10.2. The average Bonchev–Trinajstić information content (AvgIpc) is 2.91. The number of nitrogens with zero attached hydrogens (tertiary/aromatic N) is 1. The van der Waals surface area contributed by atoms with Crippen molar-refractivity contribution in [2.75, 3.05) is 6.54 Å². The van der Waals surface area contributed by atoms with Gasteiger partial charge in [-0.3, -0.25) is 0 Å². The van der Waals surface area contributed by atoms with Crippen molar-refractivity contribution in [3.05, 3.63) is 51.7 Å². The third-order valence-electron chi connectivity index (χ3n) is 2.42. The lowest BCUT2D eigenvalue weighted by molar-refractivity contribution is 0.309. The standard InChI is InChI=1S/C15H12N2OS/c16-8-1-2-13-7-9-19-15(13)11-18-14-5-3-12(10-17)4-6-14/h3-7,9H,8,11,16H2. The minimum absolute atomic E-state index is 0.353. The fourth-order valence-electron chi connectivity index (χ4n) is 1.48. The topological polar surface area (TPSA) is 59.0 Å². The molecule has 1 heterocycles. The van der Waals surface area contributed by atoms with Gasteiger partial charge in [0.05, 0.1) is 23.1 Å². The van der Waals surface area contributed by atoms with Crippen molar-refractivity contribution in [2.45, 2.75) is 6.61 Å². The van der Waals surface area contributed by atoms with Crippen molar-refractivity contribution in [1.29, 1.82) is 5.26 Å². The van der Waals surface area contributed by atoms with E-state index in [0.29, 0.717) is 18.7 Å². The molecule has 0 spiro atoms. The van der Waals surface area contributed by atoms with Gasteiger partial charge in [-0.05, 0) is 35.7 Å². The molecule has 4 heteroatoms. The first kappa shape index (κ1) is 13.2.